The first-order chi connectivity index (χ1) is 10.2. The highest BCUT2D eigenvalue weighted by atomic mass is 14.9. The number of hydrogen-bond acceptors (Lipinski definition) is 1. The third-order valence-corrected chi connectivity index (χ3v) is 3.19. The highest BCUT2D eigenvalue weighted by Crippen LogP contribution is 2.23. The summed E-state index contributed by atoms with van der Waals surface area (Å²) in [7, 11) is 0. The van der Waals surface area contributed by atoms with Crippen LogP contribution in [-0.2, 0) is 0 Å². The molecule has 0 amide bonds. The van der Waals surface area contributed by atoms with Gasteiger partial charge in [0, 0.05) is 0 Å². The van der Waals surface area contributed by atoms with Gasteiger partial charge in [-0.2, -0.15) is 10.1 Å². The first-order valence-electron chi connectivity index (χ1n) is 6.63. The summed E-state index contributed by atoms with van der Waals surface area (Å²) in [5.41, 5.74) is 14.3. The zero-order chi connectivity index (χ0) is 15.2. The molecule has 0 radical (unpaired) electrons. The fraction of sp³-hybridized carbons (Fsp3) is 0.111. The molecule has 3 nitrogen and oxygen atoms in total. The molecule has 3 heteroatoms. The van der Waals surface area contributed by atoms with E-state index in [9.17, 15) is 5.53 Å². The Balaban J connectivity index is 2.56. The second kappa shape index (κ2) is 6.47. The maximum atomic E-state index is 9.48. The molecule has 102 valence electrons. The molecule has 0 aliphatic rings. The highest BCUT2D eigenvalue weighted by molar-refractivity contribution is 6.29. The zero-order valence-corrected chi connectivity index (χ0v) is 12.0. The first-order valence-corrected chi connectivity index (χ1v) is 6.63. The molecule has 0 aliphatic carbocycles. The molecule has 2 aromatic rings. The quantitative estimate of drug-likeness (QED) is 0.472. The predicted molar refractivity (Wildman–Crippen MR) is 83.6 cm³/mol. The van der Waals surface area contributed by atoms with Gasteiger partial charge in [0.25, 0.3) is 0 Å². The van der Waals surface area contributed by atoms with Gasteiger partial charge in [0.05, 0.1) is 22.8 Å². The molecule has 0 bridgehead atoms. The van der Waals surface area contributed by atoms with Crippen LogP contribution < -0.4 is 0 Å². The van der Waals surface area contributed by atoms with E-state index in [1.165, 1.54) is 0 Å². The van der Waals surface area contributed by atoms with Crippen molar-refractivity contribution < 1.29 is 4.79 Å². The molecule has 2 aromatic carbocycles. The lowest BCUT2D eigenvalue weighted by Gasteiger charge is -2.06. The van der Waals surface area contributed by atoms with Crippen molar-refractivity contribution in [2.45, 2.75) is 13.8 Å². The topological polar surface area (TPSA) is 60.2 Å². The van der Waals surface area contributed by atoms with Crippen molar-refractivity contribution in [2.24, 2.45) is 0 Å². The number of nitrogens with zero attached hydrogens (tertiary/aromatic N) is 3. The van der Waals surface area contributed by atoms with Gasteiger partial charge in [-0.3, -0.25) is 0 Å². The number of hydrogen-bond donors (Lipinski definition) is 0. The lowest BCUT2D eigenvalue weighted by Crippen LogP contribution is -2.07. The van der Waals surface area contributed by atoms with Crippen molar-refractivity contribution >= 4 is 11.3 Å². The Kier molecular flexibility index (Phi) is 4.46. The van der Waals surface area contributed by atoms with Gasteiger partial charge in [-0.05, 0) is 43.7 Å². The van der Waals surface area contributed by atoms with E-state index >= 15 is 0 Å². The van der Waals surface area contributed by atoms with Crippen LogP contribution in [0.4, 0.5) is 0 Å². The summed E-state index contributed by atoms with van der Waals surface area (Å²) in [5, 5.41) is 8.86. The molecule has 0 fully saturated rings. The number of rotatable bonds is 3. The standard InChI is InChI=1S/C18H15N3/c1-13(2)17(15-6-4-3-5-7-15)18(21-20)16-10-8-14(12-19)9-11-16/h3-11H,1-2H3. The van der Waals surface area contributed by atoms with E-state index in [0.29, 0.717) is 11.3 Å². The van der Waals surface area contributed by atoms with Crippen LogP contribution in [0.2, 0.25) is 0 Å². The summed E-state index contributed by atoms with van der Waals surface area (Å²) >= 11 is 0. The van der Waals surface area contributed by atoms with E-state index in [1.54, 1.807) is 24.3 Å². The van der Waals surface area contributed by atoms with Crippen LogP contribution in [0.15, 0.2) is 60.2 Å². The van der Waals surface area contributed by atoms with E-state index in [0.717, 1.165) is 22.3 Å². The maximum absolute atomic E-state index is 9.48. The second-order valence-electron chi connectivity index (χ2n) is 4.88. The summed E-state index contributed by atoms with van der Waals surface area (Å²) in [5.74, 6) is 0. The molecule has 21 heavy (non-hydrogen) atoms. The lowest BCUT2D eigenvalue weighted by molar-refractivity contribution is -0.00132. The van der Waals surface area contributed by atoms with Crippen LogP contribution >= 0.6 is 0 Å². The van der Waals surface area contributed by atoms with Gasteiger partial charge in [0.15, 0.2) is 0 Å². The molecule has 0 aliphatic heterocycles. The summed E-state index contributed by atoms with van der Waals surface area (Å²) in [6.45, 7) is 3.97. The maximum Gasteiger partial charge on any atom is 0.330 e. The molecule has 0 unspecified atom stereocenters. The average Bonchev–Trinajstić information content (AvgIpc) is 2.53. The first kappa shape index (κ1) is 14.5. The molecule has 0 aromatic heterocycles. The van der Waals surface area contributed by atoms with Crippen molar-refractivity contribution in [1.29, 1.82) is 5.26 Å². The van der Waals surface area contributed by atoms with Crippen molar-refractivity contribution in [1.82, 2.24) is 0 Å². The Labute approximate surface area is 124 Å². The van der Waals surface area contributed by atoms with Gasteiger partial charge >= 0.3 is 5.71 Å². The molecule has 0 saturated carbocycles. The van der Waals surface area contributed by atoms with Gasteiger partial charge in [-0.1, -0.05) is 35.9 Å². The number of benzene rings is 2. The summed E-state index contributed by atoms with van der Waals surface area (Å²) in [6, 6.07) is 18.9. The number of allylic oxidation sites excluding steroid dienone is 2. The summed E-state index contributed by atoms with van der Waals surface area (Å²) in [6.07, 6.45) is 0. The van der Waals surface area contributed by atoms with Gasteiger partial charge in [-0.15, -0.1) is 0 Å². The van der Waals surface area contributed by atoms with Crippen LogP contribution in [0, 0.1) is 11.3 Å². The monoisotopic (exact) mass is 273 g/mol. The Morgan fingerprint density at radius 1 is 0.952 bits per heavy atom. The largest absolute Gasteiger partial charge is 0.361 e. The molecule has 2 rings (SSSR count). The average molecular weight is 273 g/mol. The molecule has 0 atom stereocenters. The van der Waals surface area contributed by atoms with Gasteiger partial charge in [-0.25, -0.2) is 0 Å². The van der Waals surface area contributed by atoms with E-state index in [2.05, 4.69) is 10.9 Å². The third kappa shape index (κ3) is 3.14. The smallest absolute Gasteiger partial charge is 0.330 e. The summed E-state index contributed by atoms with van der Waals surface area (Å²) in [4.78, 5) is 3.49. The van der Waals surface area contributed by atoms with Crippen LogP contribution in [-0.4, -0.2) is 10.5 Å². The van der Waals surface area contributed by atoms with E-state index in [-0.39, 0.29) is 0 Å². The van der Waals surface area contributed by atoms with Crippen molar-refractivity contribution in [3.63, 3.8) is 0 Å². The molecular weight excluding hydrogens is 258 g/mol. The van der Waals surface area contributed by atoms with Crippen LogP contribution in [0.1, 0.15) is 30.5 Å². The van der Waals surface area contributed by atoms with Gasteiger partial charge in [0.1, 0.15) is 0 Å². The fourth-order valence-electron chi connectivity index (χ4n) is 2.22. The van der Waals surface area contributed by atoms with Crippen LogP contribution in [0.5, 0.6) is 0 Å². The van der Waals surface area contributed by atoms with Crippen LogP contribution in [0.25, 0.3) is 11.1 Å². The highest BCUT2D eigenvalue weighted by Gasteiger charge is 2.21. The summed E-state index contributed by atoms with van der Waals surface area (Å²) < 4.78 is 0. The predicted octanol–water partition coefficient (Wildman–Crippen LogP) is 4.07. The minimum atomic E-state index is 0.505. The lowest BCUT2D eigenvalue weighted by atomic mass is 9.92. The number of nitriles is 1. The Morgan fingerprint density at radius 3 is 2.05 bits per heavy atom. The minimum absolute atomic E-state index is 0.505. The minimum Gasteiger partial charge on any atom is -0.361 e. The Morgan fingerprint density at radius 2 is 1.57 bits per heavy atom. The van der Waals surface area contributed by atoms with Gasteiger partial charge in [0.2, 0.25) is 0 Å². The molecule has 0 N–H and O–H groups in total. The SMILES string of the molecule is CC(C)=C(C(=[N+]=[N-])c1ccc(C#N)cc1)c1ccccc1. The fourth-order valence-corrected chi connectivity index (χ4v) is 2.22. The Hall–Kier alpha value is -2.95. The molecule has 0 heterocycles. The van der Waals surface area contributed by atoms with Crippen molar-refractivity contribution in [3.05, 3.63) is 82.4 Å². The van der Waals surface area contributed by atoms with Crippen molar-refractivity contribution in [3.8, 4) is 6.07 Å². The zero-order valence-electron chi connectivity index (χ0n) is 12.0. The Bertz CT molecular complexity index is 752. The molecule has 0 spiro atoms. The van der Waals surface area contributed by atoms with E-state index < -0.39 is 0 Å². The van der Waals surface area contributed by atoms with Crippen molar-refractivity contribution in [2.75, 3.05) is 0 Å². The van der Waals surface area contributed by atoms with Crippen LogP contribution in [0.3, 0.4) is 0 Å². The normalized spacial score (nSPS) is 9.38. The third-order valence-electron chi connectivity index (χ3n) is 3.19. The molecular formula is C18H15N3. The molecule has 0 saturated heterocycles. The second-order valence-corrected chi connectivity index (χ2v) is 4.88. The van der Waals surface area contributed by atoms with Gasteiger partial charge < -0.3 is 5.53 Å². The van der Waals surface area contributed by atoms with E-state index in [1.807, 2.05) is 44.2 Å². The van der Waals surface area contributed by atoms with E-state index in [4.69, 9.17) is 5.26 Å².